The number of halogens is 1. The minimum absolute atomic E-state index is 0.0205. The maximum atomic E-state index is 12.0. The number of amides is 2. The third-order valence-corrected chi connectivity index (χ3v) is 3.73. The number of nitrogens with one attached hydrogen (secondary N) is 2. The van der Waals surface area contributed by atoms with Crippen LogP contribution in [0.15, 0.2) is 59.5 Å². The van der Waals surface area contributed by atoms with E-state index in [1.807, 2.05) is 24.3 Å². The number of rotatable bonds is 6. The fourth-order valence-electron chi connectivity index (χ4n) is 2.11. The summed E-state index contributed by atoms with van der Waals surface area (Å²) in [5, 5.41) is 18.2. The van der Waals surface area contributed by atoms with E-state index in [9.17, 15) is 4.79 Å². The molecule has 2 aromatic heterocycles. The van der Waals surface area contributed by atoms with Crippen molar-refractivity contribution in [2.45, 2.75) is 6.54 Å². The van der Waals surface area contributed by atoms with Crippen LogP contribution in [0, 0.1) is 0 Å². The highest BCUT2D eigenvalue weighted by Crippen LogP contribution is 2.23. The molecule has 3 aromatic rings. The second-order valence-electron chi connectivity index (χ2n) is 5.24. The van der Waals surface area contributed by atoms with Crippen molar-refractivity contribution < 1.29 is 14.6 Å². The number of urea groups is 1. The molecule has 2 heterocycles. The number of anilines is 2. The van der Waals surface area contributed by atoms with E-state index in [1.54, 1.807) is 18.3 Å². The molecule has 3 N–H and O–H groups in total. The second-order valence-corrected chi connectivity index (χ2v) is 6.16. The number of hydrogen-bond donors (Lipinski definition) is 3. The third-order valence-electron chi connectivity index (χ3n) is 3.23. The Labute approximate surface area is 158 Å². The molecule has 0 saturated carbocycles. The second kappa shape index (κ2) is 8.45. The number of carbonyl (C=O) groups excluding carboxylic acids is 1. The minimum atomic E-state index is -0.420. The zero-order chi connectivity index (χ0) is 18.4. The fraction of sp³-hybridized carbons (Fsp3) is 0.118. The molecule has 0 aliphatic carbocycles. The summed E-state index contributed by atoms with van der Waals surface area (Å²) >= 11 is 3.38. The first-order valence-corrected chi connectivity index (χ1v) is 8.52. The predicted molar refractivity (Wildman–Crippen MR) is 100 cm³/mol. The lowest BCUT2D eigenvalue weighted by atomic mass is 10.3. The number of benzene rings is 1. The highest BCUT2D eigenvalue weighted by molar-refractivity contribution is 9.10. The van der Waals surface area contributed by atoms with Crippen molar-refractivity contribution in [2.75, 3.05) is 17.2 Å². The third kappa shape index (κ3) is 5.04. The monoisotopic (exact) mass is 417 g/mol. The molecule has 3 rings (SSSR count). The molecular weight excluding hydrogens is 402 g/mol. The molecule has 26 heavy (non-hydrogen) atoms. The van der Waals surface area contributed by atoms with Crippen LogP contribution >= 0.6 is 15.9 Å². The molecule has 0 aliphatic rings. The summed E-state index contributed by atoms with van der Waals surface area (Å²) in [5.41, 5.74) is 1.05. The van der Waals surface area contributed by atoms with Crippen molar-refractivity contribution in [3.63, 3.8) is 0 Å². The van der Waals surface area contributed by atoms with E-state index in [-0.39, 0.29) is 6.61 Å². The molecule has 8 nitrogen and oxygen atoms in total. The number of aliphatic hydroxyl groups excluding tert-OH is 1. The van der Waals surface area contributed by atoms with Gasteiger partial charge in [0.15, 0.2) is 0 Å². The van der Waals surface area contributed by atoms with Gasteiger partial charge in [0.2, 0.25) is 5.88 Å². The van der Waals surface area contributed by atoms with Crippen LogP contribution < -0.4 is 15.4 Å². The van der Waals surface area contributed by atoms with Gasteiger partial charge in [-0.3, -0.25) is 4.68 Å². The summed E-state index contributed by atoms with van der Waals surface area (Å²) < 4.78 is 8.08. The topological polar surface area (TPSA) is 101 Å². The standard InChI is InChI=1S/C17H16BrN5O3/c18-12-2-1-3-15(8-12)26-16-5-4-13(9-19-16)21-17(25)22-14-10-20-23(11-14)6-7-24/h1-5,8-11,24H,6-7H2,(H2,21,22,25). The van der Waals surface area contributed by atoms with Crippen LogP contribution in [0.1, 0.15) is 0 Å². The first-order chi connectivity index (χ1) is 12.6. The highest BCUT2D eigenvalue weighted by Gasteiger charge is 2.06. The van der Waals surface area contributed by atoms with Crippen molar-refractivity contribution in [1.82, 2.24) is 14.8 Å². The number of carbonyl (C=O) groups is 1. The lowest BCUT2D eigenvalue weighted by Crippen LogP contribution is -2.19. The Bertz CT molecular complexity index is 882. The molecule has 9 heteroatoms. The van der Waals surface area contributed by atoms with Gasteiger partial charge < -0.3 is 20.5 Å². The van der Waals surface area contributed by atoms with Gasteiger partial charge in [0.1, 0.15) is 5.75 Å². The Hall–Kier alpha value is -2.91. The molecule has 0 fully saturated rings. The summed E-state index contributed by atoms with van der Waals surface area (Å²) in [6.45, 7) is 0.347. The Kier molecular flexibility index (Phi) is 5.82. The largest absolute Gasteiger partial charge is 0.439 e. The number of nitrogens with zero attached hydrogens (tertiary/aromatic N) is 3. The van der Waals surface area contributed by atoms with Crippen molar-refractivity contribution in [2.24, 2.45) is 0 Å². The number of ether oxygens (including phenoxy) is 1. The van der Waals surface area contributed by atoms with E-state index in [0.717, 1.165) is 4.47 Å². The fourth-order valence-corrected chi connectivity index (χ4v) is 2.49. The average Bonchev–Trinajstić information content (AvgIpc) is 3.04. The molecule has 0 saturated heterocycles. The Balaban J connectivity index is 1.55. The van der Waals surface area contributed by atoms with Crippen molar-refractivity contribution in [3.05, 3.63) is 59.5 Å². The van der Waals surface area contributed by atoms with E-state index in [0.29, 0.717) is 29.5 Å². The number of pyridine rings is 1. The number of aromatic nitrogens is 3. The van der Waals surface area contributed by atoms with Crippen LogP contribution in [0.3, 0.4) is 0 Å². The Morgan fingerprint density at radius 2 is 2.04 bits per heavy atom. The van der Waals surface area contributed by atoms with Gasteiger partial charge in [0.25, 0.3) is 0 Å². The molecule has 0 spiro atoms. The smallest absolute Gasteiger partial charge is 0.323 e. The lowest BCUT2D eigenvalue weighted by Gasteiger charge is -2.08. The van der Waals surface area contributed by atoms with Gasteiger partial charge >= 0.3 is 6.03 Å². The molecule has 2 amide bonds. The summed E-state index contributed by atoms with van der Waals surface area (Å²) in [4.78, 5) is 16.2. The first-order valence-electron chi connectivity index (χ1n) is 7.73. The van der Waals surface area contributed by atoms with Gasteiger partial charge in [0.05, 0.1) is 36.9 Å². The van der Waals surface area contributed by atoms with Crippen LogP contribution in [-0.4, -0.2) is 32.5 Å². The van der Waals surface area contributed by atoms with Crippen LogP contribution in [-0.2, 0) is 6.54 Å². The predicted octanol–water partition coefficient (Wildman–Crippen LogP) is 3.47. The molecule has 0 bridgehead atoms. The summed E-state index contributed by atoms with van der Waals surface area (Å²) in [5.74, 6) is 1.07. The average molecular weight is 418 g/mol. The molecule has 134 valence electrons. The van der Waals surface area contributed by atoms with Crippen molar-refractivity contribution >= 4 is 33.3 Å². The van der Waals surface area contributed by atoms with Gasteiger partial charge in [-0.15, -0.1) is 0 Å². The summed E-state index contributed by atoms with van der Waals surface area (Å²) in [7, 11) is 0. The molecule has 0 unspecified atom stereocenters. The van der Waals surface area contributed by atoms with Crippen molar-refractivity contribution in [1.29, 1.82) is 0 Å². The quantitative estimate of drug-likeness (QED) is 0.569. The normalized spacial score (nSPS) is 10.4. The SMILES string of the molecule is O=C(Nc1ccc(Oc2cccc(Br)c2)nc1)Nc1cnn(CCO)c1. The molecule has 0 atom stereocenters. The Morgan fingerprint density at radius 1 is 1.19 bits per heavy atom. The van der Waals surface area contributed by atoms with Gasteiger partial charge in [-0.05, 0) is 24.3 Å². The van der Waals surface area contributed by atoms with E-state index in [2.05, 4.69) is 36.6 Å². The zero-order valence-electron chi connectivity index (χ0n) is 13.6. The molecular formula is C17H16BrN5O3. The van der Waals surface area contributed by atoms with Crippen molar-refractivity contribution in [3.8, 4) is 11.6 Å². The summed E-state index contributed by atoms with van der Waals surface area (Å²) in [6, 6.07) is 10.4. The van der Waals surface area contributed by atoms with E-state index < -0.39 is 6.03 Å². The lowest BCUT2D eigenvalue weighted by molar-refractivity contribution is 0.262. The zero-order valence-corrected chi connectivity index (χ0v) is 15.2. The van der Waals surface area contributed by atoms with E-state index >= 15 is 0 Å². The Morgan fingerprint density at radius 3 is 2.77 bits per heavy atom. The first kappa shape index (κ1) is 17.9. The highest BCUT2D eigenvalue weighted by atomic mass is 79.9. The molecule has 1 aromatic carbocycles. The minimum Gasteiger partial charge on any atom is -0.439 e. The van der Waals surface area contributed by atoms with Gasteiger partial charge in [-0.1, -0.05) is 22.0 Å². The van der Waals surface area contributed by atoms with Crippen LogP contribution in [0.25, 0.3) is 0 Å². The van der Waals surface area contributed by atoms with Gasteiger partial charge in [-0.25, -0.2) is 9.78 Å². The summed E-state index contributed by atoms with van der Waals surface area (Å²) in [6.07, 6.45) is 4.63. The van der Waals surface area contributed by atoms with Crippen LogP contribution in [0.4, 0.5) is 16.2 Å². The van der Waals surface area contributed by atoms with E-state index in [1.165, 1.54) is 17.1 Å². The molecule has 0 aliphatic heterocycles. The molecule has 0 radical (unpaired) electrons. The number of hydrogen-bond acceptors (Lipinski definition) is 5. The van der Waals surface area contributed by atoms with Gasteiger partial charge in [-0.2, -0.15) is 5.10 Å². The van der Waals surface area contributed by atoms with E-state index in [4.69, 9.17) is 9.84 Å². The maximum Gasteiger partial charge on any atom is 0.323 e. The van der Waals surface area contributed by atoms with Crippen LogP contribution in [0.2, 0.25) is 0 Å². The number of aliphatic hydroxyl groups is 1. The maximum absolute atomic E-state index is 12.0. The van der Waals surface area contributed by atoms with Gasteiger partial charge in [0, 0.05) is 16.7 Å². The van der Waals surface area contributed by atoms with Crippen LogP contribution in [0.5, 0.6) is 11.6 Å².